The molecule has 1 atom stereocenters. The van der Waals surface area contributed by atoms with Crippen LogP contribution in [0.15, 0.2) is 0 Å². The largest absolute Gasteiger partial charge is 0.384 e. The summed E-state index contributed by atoms with van der Waals surface area (Å²) in [6.45, 7) is 2.80. The number of amides is 1. The van der Waals surface area contributed by atoms with Crippen LogP contribution in [0.5, 0.6) is 0 Å². The van der Waals surface area contributed by atoms with Gasteiger partial charge < -0.3 is 20.1 Å². The van der Waals surface area contributed by atoms with Crippen molar-refractivity contribution in [2.75, 3.05) is 40.0 Å². The molecule has 1 aliphatic heterocycles. The van der Waals surface area contributed by atoms with Gasteiger partial charge in [0.25, 0.3) is 0 Å². The highest BCUT2D eigenvalue weighted by Gasteiger charge is 2.22. The molecule has 0 radical (unpaired) electrons. The first-order valence-electron chi connectivity index (χ1n) is 4.86. The van der Waals surface area contributed by atoms with Gasteiger partial charge in [0.05, 0.1) is 25.7 Å². The molecule has 0 spiro atoms. The third-order valence-corrected chi connectivity index (χ3v) is 2.27. The minimum atomic E-state index is -0.00440. The van der Waals surface area contributed by atoms with Gasteiger partial charge in [-0.2, -0.15) is 0 Å². The minimum Gasteiger partial charge on any atom is -0.384 e. The maximum absolute atomic E-state index is 11.6. The molecule has 1 heterocycles. The highest BCUT2D eigenvalue weighted by molar-refractivity contribution is 5.85. The van der Waals surface area contributed by atoms with Crippen LogP contribution in [0.2, 0.25) is 0 Å². The molecule has 0 aromatic carbocycles. The van der Waals surface area contributed by atoms with Crippen LogP contribution < -0.4 is 5.73 Å². The van der Waals surface area contributed by atoms with Crippen molar-refractivity contribution >= 4 is 18.3 Å². The number of ether oxygens (including phenoxy) is 2. The van der Waals surface area contributed by atoms with Crippen LogP contribution in [0.4, 0.5) is 0 Å². The Bertz CT molecular complexity index is 192. The topological polar surface area (TPSA) is 64.8 Å². The van der Waals surface area contributed by atoms with E-state index in [2.05, 4.69) is 0 Å². The second-order valence-corrected chi connectivity index (χ2v) is 3.31. The predicted octanol–water partition coefficient (Wildman–Crippen LogP) is -0.369. The molecule has 1 unspecified atom stereocenters. The van der Waals surface area contributed by atoms with Crippen LogP contribution in [-0.4, -0.2) is 56.9 Å². The molecule has 0 bridgehead atoms. The minimum absolute atomic E-state index is 0. The van der Waals surface area contributed by atoms with Gasteiger partial charge in [-0.3, -0.25) is 4.79 Å². The van der Waals surface area contributed by atoms with E-state index in [1.807, 2.05) is 0 Å². The molecular formula is C9H19ClN2O3. The monoisotopic (exact) mass is 238 g/mol. The van der Waals surface area contributed by atoms with Crippen molar-refractivity contribution in [1.82, 2.24) is 4.90 Å². The van der Waals surface area contributed by atoms with E-state index >= 15 is 0 Å². The van der Waals surface area contributed by atoms with E-state index in [9.17, 15) is 4.79 Å². The number of nitrogens with zero attached hydrogens (tertiary/aromatic N) is 1. The molecule has 1 rings (SSSR count). The number of methoxy groups -OCH3 is 1. The second-order valence-electron chi connectivity index (χ2n) is 3.31. The van der Waals surface area contributed by atoms with E-state index in [0.717, 1.165) is 0 Å². The van der Waals surface area contributed by atoms with Gasteiger partial charge in [0, 0.05) is 26.7 Å². The van der Waals surface area contributed by atoms with Gasteiger partial charge in [0.15, 0.2) is 0 Å². The predicted molar refractivity (Wildman–Crippen MR) is 59.1 cm³/mol. The molecule has 0 saturated carbocycles. The number of nitrogens with two attached hydrogens (primary N) is 1. The number of morpholine rings is 1. The number of hydrogen-bond acceptors (Lipinski definition) is 4. The molecule has 0 aromatic heterocycles. The van der Waals surface area contributed by atoms with Crippen molar-refractivity contribution in [3.63, 3.8) is 0 Å². The quantitative estimate of drug-likeness (QED) is 0.726. The highest BCUT2D eigenvalue weighted by Crippen LogP contribution is 2.05. The van der Waals surface area contributed by atoms with Gasteiger partial charge in [-0.05, 0) is 0 Å². The third-order valence-electron chi connectivity index (χ3n) is 2.27. The molecule has 6 heteroatoms. The van der Waals surface area contributed by atoms with Crippen molar-refractivity contribution < 1.29 is 14.3 Å². The Morgan fingerprint density at radius 2 is 2.40 bits per heavy atom. The zero-order valence-electron chi connectivity index (χ0n) is 8.98. The fourth-order valence-electron chi connectivity index (χ4n) is 1.44. The molecular weight excluding hydrogens is 220 g/mol. The lowest BCUT2D eigenvalue weighted by Crippen LogP contribution is -2.48. The van der Waals surface area contributed by atoms with Crippen LogP contribution in [0.25, 0.3) is 0 Å². The van der Waals surface area contributed by atoms with Crippen molar-refractivity contribution in [2.45, 2.75) is 12.5 Å². The summed E-state index contributed by atoms with van der Waals surface area (Å²) in [5.41, 5.74) is 5.48. The van der Waals surface area contributed by atoms with E-state index in [1.165, 1.54) is 0 Å². The lowest BCUT2D eigenvalue weighted by Gasteiger charge is -2.32. The summed E-state index contributed by atoms with van der Waals surface area (Å²) in [7, 11) is 1.59. The molecule has 90 valence electrons. The van der Waals surface area contributed by atoms with Crippen molar-refractivity contribution in [1.29, 1.82) is 0 Å². The highest BCUT2D eigenvalue weighted by atomic mass is 35.5. The van der Waals surface area contributed by atoms with Gasteiger partial charge >= 0.3 is 0 Å². The van der Waals surface area contributed by atoms with Crippen LogP contribution in [0.1, 0.15) is 6.42 Å². The zero-order valence-corrected chi connectivity index (χ0v) is 9.79. The molecule has 5 nitrogen and oxygen atoms in total. The van der Waals surface area contributed by atoms with Gasteiger partial charge in [-0.25, -0.2) is 0 Å². The number of hydrogen-bond donors (Lipinski definition) is 1. The van der Waals surface area contributed by atoms with Gasteiger partial charge in [0.2, 0.25) is 5.91 Å². The number of rotatable bonds is 4. The Morgan fingerprint density at radius 3 is 3.00 bits per heavy atom. The molecule has 0 aliphatic carbocycles. The van der Waals surface area contributed by atoms with Gasteiger partial charge in [-0.15, -0.1) is 12.4 Å². The van der Waals surface area contributed by atoms with E-state index in [4.69, 9.17) is 15.2 Å². The van der Waals surface area contributed by atoms with Crippen LogP contribution in [0.3, 0.4) is 0 Å². The molecule has 1 aliphatic rings. The average Bonchev–Trinajstić information content (AvgIpc) is 2.26. The van der Waals surface area contributed by atoms with E-state index in [0.29, 0.717) is 39.3 Å². The van der Waals surface area contributed by atoms with Crippen LogP contribution >= 0.6 is 12.4 Å². The van der Waals surface area contributed by atoms with Gasteiger partial charge in [0.1, 0.15) is 0 Å². The Hall–Kier alpha value is -0.360. The summed E-state index contributed by atoms with van der Waals surface area (Å²) >= 11 is 0. The summed E-state index contributed by atoms with van der Waals surface area (Å²) in [4.78, 5) is 13.4. The first kappa shape index (κ1) is 14.6. The molecule has 1 amide bonds. The second kappa shape index (κ2) is 7.87. The van der Waals surface area contributed by atoms with E-state index in [-0.39, 0.29) is 24.4 Å². The van der Waals surface area contributed by atoms with Crippen LogP contribution in [0, 0.1) is 0 Å². The Labute approximate surface area is 96.3 Å². The number of carbonyl (C=O) groups is 1. The molecule has 1 fully saturated rings. The Morgan fingerprint density at radius 1 is 1.67 bits per heavy atom. The SMILES string of the molecule is COCCC(=O)N1CCOC(CN)C1.Cl. The van der Waals surface area contributed by atoms with Gasteiger partial charge in [-0.1, -0.05) is 0 Å². The number of carbonyl (C=O) groups excluding carboxylic acids is 1. The van der Waals surface area contributed by atoms with E-state index < -0.39 is 0 Å². The lowest BCUT2D eigenvalue weighted by atomic mass is 10.2. The smallest absolute Gasteiger partial charge is 0.225 e. The summed E-state index contributed by atoms with van der Waals surface area (Å²) in [5.74, 6) is 0.119. The lowest BCUT2D eigenvalue weighted by molar-refractivity contribution is -0.139. The Balaban J connectivity index is 0.00000196. The summed E-state index contributed by atoms with van der Waals surface area (Å²) in [5, 5.41) is 0. The summed E-state index contributed by atoms with van der Waals surface area (Å²) in [6, 6.07) is 0. The first-order chi connectivity index (χ1) is 6.77. The third kappa shape index (κ3) is 4.79. The van der Waals surface area contributed by atoms with E-state index in [1.54, 1.807) is 12.0 Å². The van der Waals surface area contributed by atoms with Crippen molar-refractivity contribution in [2.24, 2.45) is 5.73 Å². The molecule has 0 aromatic rings. The van der Waals surface area contributed by atoms with Crippen LogP contribution in [-0.2, 0) is 14.3 Å². The molecule has 2 N–H and O–H groups in total. The summed E-state index contributed by atoms with van der Waals surface area (Å²) in [6.07, 6.45) is 0.434. The molecule has 1 saturated heterocycles. The summed E-state index contributed by atoms with van der Waals surface area (Å²) < 4.78 is 10.2. The average molecular weight is 239 g/mol. The normalized spacial score (nSPS) is 20.9. The maximum atomic E-state index is 11.6. The zero-order chi connectivity index (χ0) is 10.4. The first-order valence-corrected chi connectivity index (χ1v) is 4.86. The fourth-order valence-corrected chi connectivity index (χ4v) is 1.44. The standard InChI is InChI=1S/C9H18N2O3.ClH/c1-13-4-2-9(12)11-3-5-14-8(6-10)7-11;/h8H,2-7,10H2,1H3;1H. The Kier molecular flexibility index (Phi) is 7.68. The van der Waals surface area contributed by atoms with Crippen molar-refractivity contribution in [3.8, 4) is 0 Å². The maximum Gasteiger partial charge on any atom is 0.225 e. The fraction of sp³-hybridized carbons (Fsp3) is 0.889. The van der Waals surface area contributed by atoms with Crippen molar-refractivity contribution in [3.05, 3.63) is 0 Å². The molecule has 15 heavy (non-hydrogen) atoms. The number of halogens is 1.